The van der Waals surface area contributed by atoms with Gasteiger partial charge in [0.2, 0.25) is 0 Å². The molecule has 11 nitrogen and oxygen atoms in total. The highest BCUT2D eigenvalue weighted by Gasteiger charge is 2.28. The third-order valence-electron chi connectivity index (χ3n) is 6.08. The summed E-state index contributed by atoms with van der Waals surface area (Å²) in [5.74, 6) is -1.01. The SMILES string of the molecule is C=CCN(C[C@H](CC(=O)OC(C)(C)C)NC(=O)OCc1ccccc1)C[C@H](CC(=O)OC(C)(C)C)NC(=O)OCc1ccccc1. The number of alkyl carbamates (subject to hydrolysis) is 2. The summed E-state index contributed by atoms with van der Waals surface area (Å²) in [5, 5.41) is 5.55. The Labute approximate surface area is 272 Å². The van der Waals surface area contributed by atoms with E-state index in [-0.39, 0.29) is 39.1 Å². The fourth-order valence-electron chi connectivity index (χ4n) is 4.38. The summed E-state index contributed by atoms with van der Waals surface area (Å²) in [6.07, 6.45) is -0.0486. The van der Waals surface area contributed by atoms with Gasteiger partial charge in [0, 0.05) is 19.6 Å². The van der Waals surface area contributed by atoms with E-state index in [4.69, 9.17) is 18.9 Å². The molecule has 2 aromatic rings. The van der Waals surface area contributed by atoms with Gasteiger partial charge >= 0.3 is 24.1 Å². The molecule has 2 N–H and O–H groups in total. The van der Waals surface area contributed by atoms with E-state index in [0.29, 0.717) is 6.54 Å². The summed E-state index contributed by atoms with van der Waals surface area (Å²) in [5.41, 5.74) is 0.173. The molecule has 252 valence electrons. The molecule has 11 heteroatoms. The Morgan fingerprint density at radius 3 is 1.39 bits per heavy atom. The number of nitrogens with one attached hydrogen (secondary N) is 2. The third kappa shape index (κ3) is 17.2. The average molecular weight is 640 g/mol. The fourth-order valence-corrected chi connectivity index (χ4v) is 4.38. The van der Waals surface area contributed by atoms with Crippen molar-refractivity contribution in [3.63, 3.8) is 0 Å². The summed E-state index contributed by atoms with van der Waals surface area (Å²) < 4.78 is 21.8. The molecule has 0 aliphatic heterocycles. The van der Waals surface area contributed by atoms with Crippen LogP contribution in [0.25, 0.3) is 0 Å². The lowest BCUT2D eigenvalue weighted by atomic mass is 10.1. The maximum absolute atomic E-state index is 12.8. The zero-order valence-corrected chi connectivity index (χ0v) is 27.9. The van der Waals surface area contributed by atoms with E-state index in [1.54, 1.807) is 47.6 Å². The van der Waals surface area contributed by atoms with E-state index in [1.807, 2.05) is 65.6 Å². The molecule has 2 atom stereocenters. The average Bonchev–Trinajstić information content (AvgIpc) is 2.94. The van der Waals surface area contributed by atoms with Crippen molar-refractivity contribution in [2.24, 2.45) is 0 Å². The Balaban J connectivity index is 2.19. The van der Waals surface area contributed by atoms with Crippen LogP contribution in [0.4, 0.5) is 9.59 Å². The van der Waals surface area contributed by atoms with Gasteiger partial charge in [-0.1, -0.05) is 66.7 Å². The molecule has 0 saturated heterocycles. The molecule has 2 aromatic carbocycles. The molecule has 0 aromatic heterocycles. The Morgan fingerprint density at radius 1 is 0.696 bits per heavy atom. The zero-order chi connectivity index (χ0) is 34.2. The minimum absolute atomic E-state index is 0.0508. The van der Waals surface area contributed by atoms with Crippen LogP contribution in [-0.2, 0) is 41.8 Å². The summed E-state index contributed by atoms with van der Waals surface area (Å²) in [6.45, 7) is 15.1. The van der Waals surface area contributed by atoms with Gasteiger partial charge in [-0.2, -0.15) is 0 Å². The minimum atomic E-state index is -0.731. The van der Waals surface area contributed by atoms with Gasteiger partial charge in [0.05, 0.1) is 24.9 Å². The first-order valence-electron chi connectivity index (χ1n) is 15.3. The van der Waals surface area contributed by atoms with Gasteiger partial charge in [-0.25, -0.2) is 9.59 Å². The van der Waals surface area contributed by atoms with E-state index in [1.165, 1.54) is 0 Å². The van der Waals surface area contributed by atoms with Crippen LogP contribution in [0.15, 0.2) is 73.3 Å². The highest BCUT2D eigenvalue weighted by Crippen LogP contribution is 2.13. The molecule has 0 bridgehead atoms. The maximum Gasteiger partial charge on any atom is 0.407 e. The Morgan fingerprint density at radius 2 is 1.07 bits per heavy atom. The molecule has 2 rings (SSSR count). The highest BCUT2D eigenvalue weighted by molar-refractivity contribution is 5.74. The highest BCUT2D eigenvalue weighted by atomic mass is 16.6. The van der Waals surface area contributed by atoms with E-state index in [0.717, 1.165) is 11.1 Å². The fraction of sp³-hybridized carbons (Fsp3) is 0.486. The Kier molecular flexibility index (Phi) is 15.3. The van der Waals surface area contributed by atoms with Gasteiger partial charge in [-0.3, -0.25) is 14.5 Å². The molecule has 2 amide bonds. The van der Waals surface area contributed by atoms with E-state index < -0.39 is 47.4 Å². The number of rotatable bonds is 16. The third-order valence-corrected chi connectivity index (χ3v) is 6.08. The van der Waals surface area contributed by atoms with Gasteiger partial charge in [0.1, 0.15) is 24.4 Å². The minimum Gasteiger partial charge on any atom is -0.460 e. The summed E-state index contributed by atoms with van der Waals surface area (Å²) in [4.78, 5) is 53.1. The first-order valence-corrected chi connectivity index (χ1v) is 15.3. The van der Waals surface area contributed by atoms with Crippen molar-refractivity contribution in [2.75, 3.05) is 19.6 Å². The summed E-state index contributed by atoms with van der Waals surface area (Å²) >= 11 is 0. The van der Waals surface area contributed by atoms with Crippen molar-refractivity contribution in [1.29, 1.82) is 0 Å². The standard InChI is InChI=1S/C35H49N3O8/c1-8-19-38(22-28(20-30(39)45-34(2,3)4)36-32(41)43-24-26-15-11-9-12-16-26)23-29(21-31(40)46-35(5,6)7)37-33(42)44-25-27-17-13-10-14-18-27/h8-18,28-29H,1,19-25H2,2-7H3,(H,36,41)(H,37,42)/t28-,29-/m0/s1. The maximum atomic E-state index is 12.8. The molecule has 0 aliphatic rings. The lowest BCUT2D eigenvalue weighted by molar-refractivity contribution is -0.156. The van der Waals surface area contributed by atoms with E-state index in [9.17, 15) is 19.2 Å². The number of amides is 2. The smallest absolute Gasteiger partial charge is 0.407 e. The van der Waals surface area contributed by atoms with Gasteiger partial charge in [-0.15, -0.1) is 6.58 Å². The predicted octanol–water partition coefficient (Wildman–Crippen LogP) is 5.53. The van der Waals surface area contributed by atoms with Crippen LogP contribution in [0.3, 0.4) is 0 Å². The van der Waals surface area contributed by atoms with Crippen LogP contribution in [0, 0.1) is 0 Å². The van der Waals surface area contributed by atoms with E-state index >= 15 is 0 Å². The van der Waals surface area contributed by atoms with Crippen LogP contribution in [0.5, 0.6) is 0 Å². The van der Waals surface area contributed by atoms with Crippen molar-refractivity contribution in [3.8, 4) is 0 Å². The van der Waals surface area contributed by atoms with Crippen LogP contribution < -0.4 is 10.6 Å². The van der Waals surface area contributed by atoms with Gasteiger partial charge in [-0.05, 0) is 52.7 Å². The molecule has 0 saturated carbocycles. The molecule has 0 heterocycles. The van der Waals surface area contributed by atoms with Crippen LogP contribution in [-0.4, -0.2) is 71.9 Å². The zero-order valence-electron chi connectivity index (χ0n) is 27.9. The topological polar surface area (TPSA) is 132 Å². The van der Waals surface area contributed by atoms with Gasteiger partial charge in [0.25, 0.3) is 0 Å². The molecule has 0 spiro atoms. The quantitative estimate of drug-likeness (QED) is 0.138. The molecular weight excluding hydrogens is 590 g/mol. The molecule has 0 fully saturated rings. The first-order chi connectivity index (χ1) is 21.6. The number of nitrogens with zero attached hydrogens (tertiary/aromatic N) is 1. The number of carbonyl (C=O) groups excluding carboxylic acids is 4. The summed E-state index contributed by atoms with van der Waals surface area (Å²) in [7, 11) is 0. The molecule has 0 radical (unpaired) electrons. The number of benzene rings is 2. The van der Waals surface area contributed by atoms with Gasteiger partial charge < -0.3 is 29.6 Å². The van der Waals surface area contributed by atoms with Crippen LogP contribution >= 0.6 is 0 Å². The number of hydrogen-bond donors (Lipinski definition) is 2. The lowest BCUT2D eigenvalue weighted by Crippen LogP contribution is -2.50. The lowest BCUT2D eigenvalue weighted by Gasteiger charge is -2.31. The molecule has 0 unspecified atom stereocenters. The van der Waals surface area contributed by atoms with Crippen molar-refractivity contribution >= 4 is 24.1 Å². The molecule has 46 heavy (non-hydrogen) atoms. The molecule has 0 aliphatic carbocycles. The van der Waals surface area contributed by atoms with E-state index in [2.05, 4.69) is 17.2 Å². The largest absolute Gasteiger partial charge is 0.460 e. The Bertz CT molecular complexity index is 1160. The summed E-state index contributed by atoms with van der Waals surface area (Å²) in [6, 6.07) is 17.0. The predicted molar refractivity (Wildman–Crippen MR) is 175 cm³/mol. The van der Waals surface area contributed by atoms with Crippen molar-refractivity contribution < 1.29 is 38.1 Å². The van der Waals surface area contributed by atoms with Crippen LogP contribution in [0.2, 0.25) is 0 Å². The van der Waals surface area contributed by atoms with Crippen LogP contribution in [0.1, 0.15) is 65.5 Å². The monoisotopic (exact) mass is 639 g/mol. The number of ether oxygens (including phenoxy) is 4. The number of hydrogen-bond acceptors (Lipinski definition) is 9. The normalized spacial score (nSPS) is 12.8. The van der Waals surface area contributed by atoms with Crippen molar-refractivity contribution in [2.45, 2.75) is 90.9 Å². The van der Waals surface area contributed by atoms with Gasteiger partial charge in [0.15, 0.2) is 0 Å². The first kappa shape index (κ1) is 37.8. The number of carbonyl (C=O) groups is 4. The van der Waals surface area contributed by atoms with Crippen molar-refractivity contribution in [1.82, 2.24) is 15.5 Å². The second-order valence-electron chi connectivity index (χ2n) is 12.9. The Hall–Kier alpha value is -4.38. The second kappa shape index (κ2) is 18.6. The van der Waals surface area contributed by atoms with Crippen molar-refractivity contribution in [3.05, 3.63) is 84.4 Å². The molecular formula is C35H49N3O8. The number of esters is 2. The second-order valence-corrected chi connectivity index (χ2v) is 12.9.